The first-order valence-electron chi connectivity index (χ1n) is 8.68. The molecule has 0 aliphatic rings. The molecular weight excluding hydrogens is 330 g/mol. The van der Waals surface area contributed by atoms with Gasteiger partial charge < -0.3 is 14.6 Å². The first-order valence-corrected chi connectivity index (χ1v) is 8.68. The summed E-state index contributed by atoms with van der Waals surface area (Å²) >= 11 is 0. The maximum atomic E-state index is 11.8. The minimum Gasteiger partial charge on any atom is -0.507 e. The van der Waals surface area contributed by atoms with E-state index in [1.807, 2.05) is 0 Å². The molecule has 0 atom stereocenters. The first-order chi connectivity index (χ1) is 12.6. The van der Waals surface area contributed by atoms with Crippen molar-refractivity contribution in [2.45, 2.75) is 33.1 Å². The average Bonchev–Trinajstić information content (AvgIpc) is 2.67. The maximum absolute atomic E-state index is 11.8. The SMILES string of the molecule is CCC(=O)c1ccc(OCCCCOc2ccc(C#N)cc2)c(C)c1O. The molecule has 2 aromatic carbocycles. The van der Waals surface area contributed by atoms with Gasteiger partial charge in [0.05, 0.1) is 30.4 Å². The predicted octanol–water partition coefficient (Wildman–Crippen LogP) is 4.40. The number of rotatable bonds is 9. The predicted molar refractivity (Wildman–Crippen MR) is 98.8 cm³/mol. The molecule has 0 fully saturated rings. The van der Waals surface area contributed by atoms with Crippen LogP contribution in [0.1, 0.15) is 47.7 Å². The number of ketones is 1. The molecule has 0 saturated heterocycles. The van der Waals surface area contributed by atoms with Crippen molar-refractivity contribution in [1.82, 2.24) is 0 Å². The van der Waals surface area contributed by atoms with Crippen LogP contribution in [0.15, 0.2) is 36.4 Å². The van der Waals surface area contributed by atoms with Crippen molar-refractivity contribution in [3.63, 3.8) is 0 Å². The minimum absolute atomic E-state index is 0.00139. The fraction of sp³-hybridized carbons (Fsp3) is 0.333. The van der Waals surface area contributed by atoms with Crippen molar-refractivity contribution in [3.05, 3.63) is 53.1 Å². The van der Waals surface area contributed by atoms with E-state index in [4.69, 9.17) is 14.7 Å². The molecule has 0 aliphatic heterocycles. The van der Waals surface area contributed by atoms with Gasteiger partial charge in [-0.05, 0) is 56.2 Å². The molecule has 2 aromatic rings. The van der Waals surface area contributed by atoms with Gasteiger partial charge in [0, 0.05) is 12.0 Å². The van der Waals surface area contributed by atoms with Gasteiger partial charge >= 0.3 is 0 Å². The van der Waals surface area contributed by atoms with Crippen LogP contribution >= 0.6 is 0 Å². The second-order valence-corrected chi connectivity index (χ2v) is 5.90. The molecule has 2 rings (SSSR count). The number of Topliss-reactive ketones (excluding diaryl/α,β-unsaturated/α-hetero) is 1. The fourth-order valence-electron chi connectivity index (χ4n) is 2.46. The molecule has 0 aromatic heterocycles. The Morgan fingerprint density at radius 1 is 1.08 bits per heavy atom. The summed E-state index contributed by atoms with van der Waals surface area (Å²) in [5, 5.41) is 18.9. The second-order valence-electron chi connectivity index (χ2n) is 5.90. The zero-order valence-corrected chi connectivity index (χ0v) is 15.1. The molecule has 0 spiro atoms. The summed E-state index contributed by atoms with van der Waals surface area (Å²) in [6.45, 7) is 4.56. The fourth-order valence-corrected chi connectivity index (χ4v) is 2.46. The van der Waals surface area contributed by atoms with Crippen molar-refractivity contribution < 1.29 is 19.4 Å². The third-order valence-electron chi connectivity index (χ3n) is 4.05. The summed E-state index contributed by atoms with van der Waals surface area (Å²) in [5.74, 6) is 1.24. The number of phenolic OH excluding ortho intramolecular Hbond substituents is 1. The van der Waals surface area contributed by atoms with E-state index in [0.29, 0.717) is 42.1 Å². The summed E-state index contributed by atoms with van der Waals surface area (Å²) in [6, 6.07) is 12.4. The number of nitrogens with zero attached hydrogens (tertiary/aromatic N) is 1. The number of ether oxygens (including phenoxy) is 2. The van der Waals surface area contributed by atoms with Crippen LogP contribution in [-0.2, 0) is 0 Å². The van der Waals surface area contributed by atoms with Crippen LogP contribution < -0.4 is 9.47 Å². The van der Waals surface area contributed by atoms with Crippen LogP contribution in [-0.4, -0.2) is 24.1 Å². The molecule has 0 saturated carbocycles. The summed E-state index contributed by atoms with van der Waals surface area (Å²) < 4.78 is 11.3. The van der Waals surface area contributed by atoms with E-state index in [-0.39, 0.29) is 11.5 Å². The highest BCUT2D eigenvalue weighted by atomic mass is 16.5. The zero-order chi connectivity index (χ0) is 18.9. The Bertz CT molecular complexity index is 791. The lowest BCUT2D eigenvalue weighted by Crippen LogP contribution is -2.04. The molecule has 0 heterocycles. The van der Waals surface area contributed by atoms with E-state index in [0.717, 1.165) is 18.6 Å². The molecule has 0 aliphatic carbocycles. The molecule has 1 N–H and O–H groups in total. The molecule has 5 nitrogen and oxygen atoms in total. The van der Waals surface area contributed by atoms with Crippen LogP contribution in [0.3, 0.4) is 0 Å². The molecule has 136 valence electrons. The molecule has 0 amide bonds. The molecule has 0 radical (unpaired) electrons. The summed E-state index contributed by atoms with van der Waals surface area (Å²) in [4.78, 5) is 11.8. The quantitative estimate of drug-likeness (QED) is 0.534. The lowest BCUT2D eigenvalue weighted by atomic mass is 10.0. The Hall–Kier alpha value is -3.00. The highest BCUT2D eigenvalue weighted by Crippen LogP contribution is 2.31. The number of carbonyl (C=O) groups is 1. The van der Waals surface area contributed by atoms with E-state index in [1.54, 1.807) is 50.2 Å². The maximum Gasteiger partial charge on any atom is 0.166 e. The second kappa shape index (κ2) is 9.47. The van der Waals surface area contributed by atoms with Crippen molar-refractivity contribution in [2.24, 2.45) is 0 Å². The summed E-state index contributed by atoms with van der Waals surface area (Å²) in [7, 11) is 0. The van der Waals surface area contributed by atoms with Crippen LogP contribution in [0, 0.1) is 18.3 Å². The van der Waals surface area contributed by atoms with E-state index in [9.17, 15) is 9.90 Å². The Labute approximate surface area is 153 Å². The number of benzene rings is 2. The van der Waals surface area contributed by atoms with Crippen molar-refractivity contribution in [2.75, 3.05) is 13.2 Å². The van der Waals surface area contributed by atoms with Crippen LogP contribution in [0.25, 0.3) is 0 Å². The largest absolute Gasteiger partial charge is 0.507 e. The summed E-state index contributed by atoms with van der Waals surface area (Å²) in [6.07, 6.45) is 1.97. The van der Waals surface area contributed by atoms with Gasteiger partial charge in [-0.3, -0.25) is 4.79 Å². The van der Waals surface area contributed by atoms with Gasteiger partial charge in [-0.25, -0.2) is 0 Å². The summed E-state index contributed by atoms with van der Waals surface area (Å²) in [5.41, 5.74) is 1.53. The van der Waals surface area contributed by atoms with Crippen LogP contribution in [0.4, 0.5) is 0 Å². The lowest BCUT2D eigenvalue weighted by molar-refractivity contribution is 0.0985. The van der Waals surface area contributed by atoms with E-state index >= 15 is 0 Å². The van der Waals surface area contributed by atoms with Crippen LogP contribution in [0.5, 0.6) is 17.2 Å². The van der Waals surface area contributed by atoms with E-state index in [1.165, 1.54) is 0 Å². The molecular formula is C21H23NO4. The van der Waals surface area contributed by atoms with E-state index in [2.05, 4.69) is 6.07 Å². The molecule has 5 heteroatoms. The Morgan fingerprint density at radius 3 is 2.35 bits per heavy atom. The average molecular weight is 353 g/mol. The van der Waals surface area contributed by atoms with Gasteiger partial charge in [0.2, 0.25) is 0 Å². The normalized spacial score (nSPS) is 10.2. The van der Waals surface area contributed by atoms with Crippen molar-refractivity contribution in [3.8, 4) is 23.3 Å². The lowest BCUT2D eigenvalue weighted by Gasteiger charge is -2.12. The third-order valence-corrected chi connectivity index (χ3v) is 4.05. The number of phenols is 1. The number of unbranched alkanes of at least 4 members (excludes halogenated alkanes) is 1. The smallest absolute Gasteiger partial charge is 0.166 e. The highest BCUT2D eigenvalue weighted by molar-refractivity contribution is 5.99. The first kappa shape index (κ1) is 19.3. The number of hydrogen-bond donors (Lipinski definition) is 1. The van der Waals surface area contributed by atoms with Gasteiger partial charge in [-0.2, -0.15) is 5.26 Å². The third kappa shape index (κ3) is 5.00. The van der Waals surface area contributed by atoms with Gasteiger partial charge in [0.15, 0.2) is 5.78 Å². The van der Waals surface area contributed by atoms with Gasteiger partial charge in [-0.15, -0.1) is 0 Å². The van der Waals surface area contributed by atoms with Crippen molar-refractivity contribution >= 4 is 5.78 Å². The highest BCUT2D eigenvalue weighted by Gasteiger charge is 2.14. The van der Waals surface area contributed by atoms with Gasteiger partial charge in [0.1, 0.15) is 17.2 Å². The number of nitriles is 1. The number of carbonyl (C=O) groups excluding carboxylic acids is 1. The number of hydrogen-bond acceptors (Lipinski definition) is 5. The van der Waals surface area contributed by atoms with Gasteiger partial charge in [-0.1, -0.05) is 6.92 Å². The molecule has 26 heavy (non-hydrogen) atoms. The van der Waals surface area contributed by atoms with Crippen molar-refractivity contribution in [1.29, 1.82) is 5.26 Å². The van der Waals surface area contributed by atoms with Gasteiger partial charge in [0.25, 0.3) is 0 Å². The standard InChI is InChI=1S/C21H23NO4/c1-3-19(23)18-10-11-20(15(2)21(18)24)26-13-5-4-12-25-17-8-6-16(14-22)7-9-17/h6-11,24H,3-5,12-13H2,1-2H3. The van der Waals surface area contributed by atoms with Crippen LogP contribution in [0.2, 0.25) is 0 Å². The molecule has 0 unspecified atom stereocenters. The Balaban J connectivity index is 1.75. The molecule has 0 bridgehead atoms. The monoisotopic (exact) mass is 353 g/mol. The zero-order valence-electron chi connectivity index (χ0n) is 15.1. The van der Waals surface area contributed by atoms with E-state index < -0.39 is 0 Å². The Kier molecular flexibility index (Phi) is 7.04. The topological polar surface area (TPSA) is 79.5 Å². The minimum atomic E-state index is -0.0860. The Morgan fingerprint density at radius 2 is 1.73 bits per heavy atom. The number of aromatic hydroxyl groups is 1.